The van der Waals surface area contributed by atoms with Gasteiger partial charge in [0.15, 0.2) is 0 Å². The lowest BCUT2D eigenvalue weighted by atomic mass is 9.78. The first-order chi connectivity index (χ1) is 9.72. The maximum atomic E-state index is 11.9. The molecule has 0 spiro atoms. The molecule has 1 heterocycles. The van der Waals surface area contributed by atoms with Crippen LogP contribution >= 0.6 is 0 Å². The lowest BCUT2D eigenvalue weighted by Crippen LogP contribution is -2.51. The number of aliphatic hydroxyl groups is 1. The van der Waals surface area contributed by atoms with E-state index >= 15 is 0 Å². The van der Waals surface area contributed by atoms with Crippen LogP contribution in [0.25, 0.3) is 0 Å². The van der Waals surface area contributed by atoms with E-state index in [1.807, 2.05) is 0 Å². The van der Waals surface area contributed by atoms with Gasteiger partial charge in [-0.3, -0.25) is 9.69 Å². The van der Waals surface area contributed by atoms with Crippen LogP contribution in [0, 0.1) is 5.92 Å². The Morgan fingerprint density at radius 2 is 2.00 bits per heavy atom. The van der Waals surface area contributed by atoms with Crippen LogP contribution in [0.4, 0.5) is 0 Å². The van der Waals surface area contributed by atoms with Gasteiger partial charge < -0.3 is 10.4 Å². The quantitative estimate of drug-likeness (QED) is 0.754. The molecule has 2 N–H and O–H groups in total. The van der Waals surface area contributed by atoms with Crippen LogP contribution in [-0.2, 0) is 4.79 Å². The van der Waals surface area contributed by atoms with E-state index in [0.29, 0.717) is 25.0 Å². The highest BCUT2D eigenvalue weighted by atomic mass is 16.3. The molecule has 0 bridgehead atoms. The topological polar surface area (TPSA) is 52.6 Å². The molecule has 1 amide bonds. The van der Waals surface area contributed by atoms with Crippen LogP contribution in [0.1, 0.15) is 44.9 Å². The second-order valence-electron chi connectivity index (χ2n) is 6.14. The molecular formula is C16H28N2O2. The Morgan fingerprint density at radius 1 is 1.25 bits per heavy atom. The fourth-order valence-electron chi connectivity index (χ4n) is 3.71. The van der Waals surface area contributed by atoms with Gasteiger partial charge in [0, 0.05) is 18.5 Å². The molecular weight excluding hydrogens is 252 g/mol. The molecule has 1 saturated heterocycles. The van der Waals surface area contributed by atoms with E-state index < -0.39 is 0 Å². The minimum absolute atomic E-state index is 0.0714. The molecule has 114 valence electrons. The standard InChI is InChI=1S/C16H28N2O2/c1-2-10-17-16(20)12-18-11-6-5-8-14(18)13-7-3-4-9-15(13)19/h2,13-15,19H,1,3-12H2,(H,17,20). The van der Waals surface area contributed by atoms with Crippen molar-refractivity contribution < 1.29 is 9.90 Å². The Bertz CT molecular complexity index is 332. The van der Waals surface area contributed by atoms with Crippen molar-refractivity contribution in [2.75, 3.05) is 19.6 Å². The first-order valence-corrected chi connectivity index (χ1v) is 8.02. The number of likely N-dealkylation sites (tertiary alicyclic amines) is 1. The molecule has 2 rings (SSSR count). The minimum Gasteiger partial charge on any atom is -0.393 e. The number of hydrogen-bond donors (Lipinski definition) is 2. The zero-order valence-electron chi connectivity index (χ0n) is 12.4. The summed E-state index contributed by atoms with van der Waals surface area (Å²) in [4.78, 5) is 14.2. The van der Waals surface area contributed by atoms with Crippen molar-refractivity contribution in [2.45, 2.75) is 57.1 Å². The van der Waals surface area contributed by atoms with Crippen LogP contribution in [-0.4, -0.2) is 47.7 Å². The number of piperidine rings is 1. The zero-order chi connectivity index (χ0) is 14.4. The van der Waals surface area contributed by atoms with Gasteiger partial charge in [-0.25, -0.2) is 0 Å². The number of rotatable bonds is 5. The molecule has 4 nitrogen and oxygen atoms in total. The average molecular weight is 280 g/mol. The summed E-state index contributed by atoms with van der Waals surface area (Å²) in [5, 5.41) is 13.1. The number of nitrogens with zero attached hydrogens (tertiary/aromatic N) is 1. The van der Waals surface area contributed by atoms with Crippen molar-refractivity contribution in [1.29, 1.82) is 0 Å². The lowest BCUT2D eigenvalue weighted by molar-refractivity contribution is -0.124. The highest BCUT2D eigenvalue weighted by Gasteiger charge is 2.35. The monoisotopic (exact) mass is 280 g/mol. The zero-order valence-corrected chi connectivity index (χ0v) is 12.4. The van der Waals surface area contributed by atoms with Crippen molar-refractivity contribution in [3.05, 3.63) is 12.7 Å². The molecule has 0 aromatic carbocycles. The van der Waals surface area contributed by atoms with Gasteiger partial charge in [-0.2, -0.15) is 0 Å². The third-order valence-corrected chi connectivity index (χ3v) is 4.73. The second kappa shape index (κ2) is 7.79. The number of carbonyl (C=O) groups excluding carboxylic acids is 1. The Morgan fingerprint density at radius 3 is 2.75 bits per heavy atom. The Labute approximate surface area is 122 Å². The van der Waals surface area contributed by atoms with Gasteiger partial charge in [-0.15, -0.1) is 6.58 Å². The van der Waals surface area contributed by atoms with Crippen LogP contribution in [0.2, 0.25) is 0 Å². The van der Waals surface area contributed by atoms with Crippen LogP contribution in [0.3, 0.4) is 0 Å². The summed E-state index contributed by atoms with van der Waals surface area (Å²) in [6.07, 6.45) is 9.43. The van der Waals surface area contributed by atoms with E-state index in [2.05, 4.69) is 16.8 Å². The predicted octanol–water partition coefficient (Wildman–Crippen LogP) is 1.69. The maximum absolute atomic E-state index is 11.9. The van der Waals surface area contributed by atoms with E-state index in [1.165, 1.54) is 12.8 Å². The second-order valence-corrected chi connectivity index (χ2v) is 6.14. The van der Waals surface area contributed by atoms with E-state index in [9.17, 15) is 9.90 Å². The number of nitrogens with one attached hydrogen (secondary N) is 1. The Hall–Kier alpha value is -0.870. The van der Waals surface area contributed by atoms with E-state index in [4.69, 9.17) is 0 Å². The van der Waals surface area contributed by atoms with Crippen LogP contribution < -0.4 is 5.32 Å². The van der Waals surface area contributed by atoms with Gasteiger partial charge in [0.1, 0.15) is 0 Å². The third kappa shape index (κ3) is 4.06. The van der Waals surface area contributed by atoms with Gasteiger partial charge in [0.05, 0.1) is 12.6 Å². The molecule has 20 heavy (non-hydrogen) atoms. The summed E-state index contributed by atoms with van der Waals surface area (Å²) in [7, 11) is 0. The molecule has 0 aromatic rings. The molecule has 3 unspecified atom stereocenters. The fourth-order valence-corrected chi connectivity index (χ4v) is 3.71. The SMILES string of the molecule is C=CCNC(=O)CN1CCCCC1C1CCCCC1O. The van der Waals surface area contributed by atoms with Crippen LogP contribution in [0.5, 0.6) is 0 Å². The summed E-state index contributed by atoms with van der Waals surface area (Å²) < 4.78 is 0. The van der Waals surface area contributed by atoms with Crippen molar-refractivity contribution in [3.63, 3.8) is 0 Å². The molecule has 2 aliphatic rings. The molecule has 0 aromatic heterocycles. The molecule has 4 heteroatoms. The average Bonchev–Trinajstić information content (AvgIpc) is 2.46. The molecule has 1 aliphatic heterocycles. The lowest BCUT2D eigenvalue weighted by Gasteiger charge is -2.43. The van der Waals surface area contributed by atoms with Gasteiger partial charge >= 0.3 is 0 Å². The summed E-state index contributed by atoms with van der Waals surface area (Å²) in [5.41, 5.74) is 0. The van der Waals surface area contributed by atoms with Crippen LogP contribution in [0.15, 0.2) is 12.7 Å². The fraction of sp³-hybridized carbons (Fsp3) is 0.812. The number of hydrogen-bond acceptors (Lipinski definition) is 3. The number of aliphatic hydroxyl groups excluding tert-OH is 1. The highest BCUT2D eigenvalue weighted by molar-refractivity contribution is 5.78. The van der Waals surface area contributed by atoms with Crippen molar-refractivity contribution in [1.82, 2.24) is 10.2 Å². The summed E-state index contributed by atoms with van der Waals surface area (Å²) in [6, 6.07) is 0.383. The van der Waals surface area contributed by atoms with E-state index in [1.54, 1.807) is 6.08 Å². The van der Waals surface area contributed by atoms with E-state index in [-0.39, 0.29) is 12.0 Å². The first kappa shape index (κ1) is 15.5. The van der Waals surface area contributed by atoms with Crippen molar-refractivity contribution in [2.24, 2.45) is 5.92 Å². The smallest absolute Gasteiger partial charge is 0.234 e. The third-order valence-electron chi connectivity index (χ3n) is 4.73. The van der Waals surface area contributed by atoms with Gasteiger partial charge in [-0.05, 0) is 32.2 Å². The van der Waals surface area contributed by atoms with Gasteiger partial charge in [-0.1, -0.05) is 25.3 Å². The minimum atomic E-state index is -0.175. The molecule has 3 atom stereocenters. The predicted molar refractivity (Wildman–Crippen MR) is 80.4 cm³/mol. The normalized spacial score (nSPS) is 31.8. The summed E-state index contributed by atoms with van der Waals surface area (Å²) in [5.74, 6) is 0.429. The molecule has 1 saturated carbocycles. The molecule has 1 aliphatic carbocycles. The Balaban J connectivity index is 1.93. The van der Waals surface area contributed by atoms with Crippen molar-refractivity contribution in [3.8, 4) is 0 Å². The largest absolute Gasteiger partial charge is 0.393 e. The summed E-state index contributed by atoms with van der Waals surface area (Å²) in [6.45, 7) is 5.59. The van der Waals surface area contributed by atoms with Crippen molar-refractivity contribution >= 4 is 5.91 Å². The number of carbonyl (C=O) groups is 1. The molecule has 0 radical (unpaired) electrons. The highest BCUT2D eigenvalue weighted by Crippen LogP contribution is 2.33. The number of amides is 1. The molecule has 2 fully saturated rings. The van der Waals surface area contributed by atoms with Gasteiger partial charge in [0.25, 0.3) is 0 Å². The summed E-state index contributed by atoms with van der Waals surface area (Å²) >= 11 is 0. The first-order valence-electron chi connectivity index (χ1n) is 8.02. The van der Waals surface area contributed by atoms with E-state index in [0.717, 1.165) is 38.6 Å². The Kier molecular flexibility index (Phi) is 6.05. The maximum Gasteiger partial charge on any atom is 0.234 e. The van der Waals surface area contributed by atoms with Gasteiger partial charge in [0.2, 0.25) is 5.91 Å².